The number of carbonyl (C=O) groups excluding carboxylic acids is 1. The van der Waals surface area contributed by atoms with E-state index in [0.29, 0.717) is 17.0 Å². The Hall–Kier alpha value is -3.57. The second-order valence-corrected chi connectivity index (χ2v) is 5.01. The Morgan fingerprint density at radius 2 is 1.79 bits per heavy atom. The highest BCUT2D eigenvalue weighted by molar-refractivity contribution is 5.92. The predicted octanol–water partition coefficient (Wildman–Crippen LogP) is 3.44. The lowest BCUT2D eigenvalue weighted by molar-refractivity contribution is -0.118. The normalized spacial score (nSPS) is 9.29. The fourth-order valence-corrected chi connectivity index (χ4v) is 1.98. The molecule has 118 valence electrons. The number of para-hydroxylation sites is 1. The molecule has 0 radical (unpaired) electrons. The number of allylic oxidation sites excluding steroid dienone is 1. The van der Waals surface area contributed by atoms with Gasteiger partial charge in [0.25, 0.3) is 5.91 Å². The topological polar surface area (TPSA) is 85.9 Å². The zero-order chi connectivity index (χ0) is 17.4. The Morgan fingerprint density at radius 1 is 1.12 bits per heavy atom. The summed E-state index contributed by atoms with van der Waals surface area (Å²) >= 11 is 0. The zero-order valence-electron chi connectivity index (χ0n) is 13.1. The van der Waals surface area contributed by atoms with Gasteiger partial charge < -0.3 is 10.1 Å². The third-order valence-corrected chi connectivity index (χ3v) is 3.20. The molecule has 0 heterocycles. The number of nitriles is 2. The number of hydrogen-bond acceptors (Lipinski definition) is 4. The molecule has 5 heteroatoms. The number of carbonyl (C=O) groups is 1. The summed E-state index contributed by atoms with van der Waals surface area (Å²) in [4.78, 5) is 11.9. The van der Waals surface area contributed by atoms with Crippen molar-refractivity contribution in [2.75, 3.05) is 11.9 Å². The molecule has 1 amide bonds. The third kappa shape index (κ3) is 4.72. The van der Waals surface area contributed by atoms with Gasteiger partial charge in [0.15, 0.2) is 6.61 Å². The molecule has 0 aliphatic rings. The average Bonchev–Trinajstić information content (AvgIpc) is 2.60. The molecule has 0 saturated carbocycles. The van der Waals surface area contributed by atoms with Crippen molar-refractivity contribution in [1.29, 1.82) is 10.5 Å². The van der Waals surface area contributed by atoms with Crippen LogP contribution < -0.4 is 10.1 Å². The van der Waals surface area contributed by atoms with Gasteiger partial charge in [-0.1, -0.05) is 30.3 Å². The van der Waals surface area contributed by atoms with E-state index in [4.69, 9.17) is 15.3 Å². The number of ether oxygens (including phenoxy) is 1. The maximum absolute atomic E-state index is 11.9. The van der Waals surface area contributed by atoms with E-state index in [9.17, 15) is 4.79 Å². The Bertz CT molecular complexity index is 824. The van der Waals surface area contributed by atoms with Crippen molar-refractivity contribution in [2.24, 2.45) is 0 Å². The van der Waals surface area contributed by atoms with Gasteiger partial charge in [-0.15, -0.1) is 0 Å². The van der Waals surface area contributed by atoms with E-state index in [1.165, 1.54) is 6.08 Å². The van der Waals surface area contributed by atoms with Crippen LogP contribution in [0.3, 0.4) is 0 Å². The molecule has 1 N–H and O–H groups in total. The molecule has 0 spiro atoms. The maximum atomic E-state index is 11.9. The standard InChI is InChI=1S/C19H15N3O2/c1-14-4-2-3-5-18(14)24-13-19(23)22-17-8-6-15(7-9-17)10-16(11-20)12-21/h2-10H,13H2,1H3,(H,22,23). The van der Waals surface area contributed by atoms with E-state index in [1.807, 2.05) is 31.2 Å². The van der Waals surface area contributed by atoms with Crippen LogP contribution >= 0.6 is 0 Å². The molecule has 2 rings (SSSR count). The van der Waals surface area contributed by atoms with Crippen LogP contribution in [0, 0.1) is 29.6 Å². The Kier molecular flexibility index (Phi) is 5.71. The van der Waals surface area contributed by atoms with Crippen molar-refractivity contribution in [3.05, 3.63) is 65.2 Å². The molecule has 0 atom stereocenters. The van der Waals surface area contributed by atoms with Gasteiger partial charge in [-0.05, 0) is 42.3 Å². The quantitative estimate of drug-likeness (QED) is 0.856. The van der Waals surface area contributed by atoms with Gasteiger partial charge >= 0.3 is 0 Å². The van der Waals surface area contributed by atoms with Gasteiger partial charge in [0.05, 0.1) is 0 Å². The number of aryl methyl sites for hydroxylation is 1. The summed E-state index contributed by atoms with van der Waals surface area (Å²) in [5.41, 5.74) is 2.31. The molecule has 0 saturated heterocycles. The van der Waals surface area contributed by atoms with Crippen molar-refractivity contribution in [3.63, 3.8) is 0 Å². The molecule has 24 heavy (non-hydrogen) atoms. The first kappa shape index (κ1) is 16.8. The Morgan fingerprint density at radius 3 is 2.42 bits per heavy atom. The van der Waals surface area contributed by atoms with Crippen molar-refractivity contribution >= 4 is 17.7 Å². The highest BCUT2D eigenvalue weighted by atomic mass is 16.5. The van der Waals surface area contributed by atoms with E-state index in [2.05, 4.69) is 5.32 Å². The molecule has 0 fully saturated rings. The molecule has 0 unspecified atom stereocenters. The van der Waals surface area contributed by atoms with Crippen molar-refractivity contribution in [1.82, 2.24) is 0 Å². The van der Waals surface area contributed by atoms with E-state index in [0.717, 1.165) is 5.56 Å². The molecule has 2 aromatic rings. The first-order valence-electron chi connectivity index (χ1n) is 7.22. The first-order valence-corrected chi connectivity index (χ1v) is 7.22. The number of hydrogen-bond donors (Lipinski definition) is 1. The molecular weight excluding hydrogens is 302 g/mol. The first-order chi connectivity index (χ1) is 11.6. The lowest BCUT2D eigenvalue weighted by Crippen LogP contribution is -2.20. The van der Waals surface area contributed by atoms with Crippen LogP contribution in [0.25, 0.3) is 6.08 Å². The summed E-state index contributed by atoms with van der Waals surface area (Å²) in [5.74, 6) is 0.407. The van der Waals surface area contributed by atoms with E-state index < -0.39 is 0 Å². The summed E-state index contributed by atoms with van der Waals surface area (Å²) in [6.45, 7) is 1.83. The minimum atomic E-state index is -0.267. The summed E-state index contributed by atoms with van der Waals surface area (Å²) in [6, 6.07) is 17.9. The van der Waals surface area contributed by atoms with Gasteiger partial charge in [-0.25, -0.2) is 0 Å². The van der Waals surface area contributed by atoms with Crippen molar-refractivity contribution in [2.45, 2.75) is 6.92 Å². The van der Waals surface area contributed by atoms with Gasteiger partial charge in [0.1, 0.15) is 23.5 Å². The Balaban J connectivity index is 1.93. The second-order valence-electron chi connectivity index (χ2n) is 5.01. The van der Waals surface area contributed by atoms with E-state index >= 15 is 0 Å². The molecule has 2 aromatic carbocycles. The highest BCUT2D eigenvalue weighted by Crippen LogP contribution is 2.16. The molecule has 0 aliphatic heterocycles. The largest absolute Gasteiger partial charge is 0.483 e. The number of rotatable bonds is 5. The number of benzene rings is 2. The second kappa shape index (κ2) is 8.17. The lowest BCUT2D eigenvalue weighted by Gasteiger charge is -2.09. The van der Waals surface area contributed by atoms with Crippen LogP contribution in [0.1, 0.15) is 11.1 Å². The van der Waals surface area contributed by atoms with Crippen LogP contribution in [-0.2, 0) is 4.79 Å². The van der Waals surface area contributed by atoms with Crippen LogP contribution in [0.5, 0.6) is 5.75 Å². The molecule has 5 nitrogen and oxygen atoms in total. The number of nitrogens with zero attached hydrogens (tertiary/aromatic N) is 2. The number of anilines is 1. The molecule has 0 bridgehead atoms. The molecule has 0 aliphatic carbocycles. The van der Waals surface area contributed by atoms with Crippen LogP contribution in [0.4, 0.5) is 5.69 Å². The smallest absolute Gasteiger partial charge is 0.262 e. The lowest BCUT2D eigenvalue weighted by atomic mass is 10.1. The monoisotopic (exact) mass is 317 g/mol. The van der Waals surface area contributed by atoms with E-state index in [-0.39, 0.29) is 18.1 Å². The van der Waals surface area contributed by atoms with Gasteiger partial charge in [-0.3, -0.25) is 4.79 Å². The van der Waals surface area contributed by atoms with Gasteiger partial charge in [-0.2, -0.15) is 10.5 Å². The summed E-state index contributed by atoms with van der Waals surface area (Å²) in [5, 5.41) is 20.2. The predicted molar refractivity (Wildman–Crippen MR) is 90.9 cm³/mol. The summed E-state index contributed by atoms with van der Waals surface area (Å²) < 4.78 is 5.48. The molecular formula is C19H15N3O2. The van der Waals surface area contributed by atoms with Crippen LogP contribution in [0.2, 0.25) is 0 Å². The fourth-order valence-electron chi connectivity index (χ4n) is 1.98. The van der Waals surface area contributed by atoms with Crippen molar-refractivity contribution in [3.8, 4) is 17.9 Å². The third-order valence-electron chi connectivity index (χ3n) is 3.20. The minimum absolute atomic E-state index is 0.0263. The number of amides is 1. The Labute approximate surface area is 140 Å². The molecule has 0 aromatic heterocycles. The average molecular weight is 317 g/mol. The maximum Gasteiger partial charge on any atom is 0.262 e. The fraction of sp³-hybridized carbons (Fsp3) is 0.105. The number of nitrogens with one attached hydrogen (secondary N) is 1. The van der Waals surface area contributed by atoms with Crippen LogP contribution in [-0.4, -0.2) is 12.5 Å². The van der Waals surface area contributed by atoms with Crippen molar-refractivity contribution < 1.29 is 9.53 Å². The summed E-state index contributed by atoms with van der Waals surface area (Å²) in [7, 11) is 0. The van der Waals surface area contributed by atoms with E-state index in [1.54, 1.807) is 36.4 Å². The van der Waals surface area contributed by atoms with Crippen LogP contribution in [0.15, 0.2) is 54.1 Å². The van der Waals surface area contributed by atoms with Gasteiger partial charge in [0.2, 0.25) is 0 Å². The zero-order valence-corrected chi connectivity index (χ0v) is 13.1. The summed E-state index contributed by atoms with van der Waals surface area (Å²) in [6.07, 6.45) is 1.48. The van der Waals surface area contributed by atoms with Gasteiger partial charge in [0, 0.05) is 5.69 Å². The SMILES string of the molecule is Cc1ccccc1OCC(=O)Nc1ccc(C=C(C#N)C#N)cc1. The highest BCUT2D eigenvalue weighted by Gasteiger charge is 2.05. The minimum Gasteiger partial charge on any atom is -0.483 e.